The normalized spacial score (nSPS) is 24.7. The van der Waals surface area contributed by atoms with Crippen LogP contribution in [0.1, 0.15) is 57.6 Å². The highest BCUT2D eigenvalue weighted by Crippen LogP contribution is 2.33. The Balaban J connectivity index is 2.10. The van der Waals surface area contributed by atoms with Crippen molar-refractivity contribution in [2.45, 2.75) is 69.9 Å². The summed E-state index contributed by atoms with van der Waals surface area (Å²) in [5.41, 5.74) is 9.36. The molecule has 0 saturated heterocycles. The fourth-order valence-electron chi connectivity index (χ4n) is 3.24. The number of hydrogen-bond acceptors (Lipinski definition) is 3. The van der Waals surface area contributed by atoms with Gasteiger partial charge in [-0.1, -0.05) is 38.8 Å². The average molecular weight is 335 g/mol. The highest BCUT2D eigenvalue weighted by atomic mass is 32.2. The number of benzene rings is 1. The molecule has 0 heterocycles. The number of carbonyl (C=O) groups excluding carboxylic acids is 1. The predicted molar refractivity (Wildman–Crippen MR) is 101 cm³/mol. The van der Waals surface area contributed by atoms with E-state index in [4.69, 9.17) is 5.73 Å². The molecule has 3 nitrogen and oxygen atoms in total. The van der Waals surface area contributed by atoms with Gasteiger partial charge < -0.3 is 11.1 Å². The lowest BCUT2D eigenvalue weighted by molar-refractivity contribution is -0.122. The standard InChI is InChI=1S/C19H30N2OS/c1-13(2)23-12-15-8-7-10-17(14(15)3)21-18(22)16-9-5-6-11-19(16,4)20/h7-8,10,13,16H,5-6,9,11-12,20H2,1-4H3,(H,21,22). The van der Waals surface area contributed by atoms with Gasteiger partial charge in [0.1, 0.15) is 0 Å². The molecule has 4 heteroatoms. The lowest BCUT2D eigenvalue weighted by Gasteiger charge is -2.37. The lowest BCUT2D eigenvalue weighted by atomic mass is 9.74. The molecule has 2 unspecified atom stereocenters. The highest BCUT2D eigenvalue weighted by Gasteiger charge is 2.37. The van der Waals surface area contributed by atoms with Gasteiger partial charge in [0.15, 0.2) is 0 Å². The number of nitrogens with two attached hydrogens (primary N) is 1. The summed E-state index contributed by atoms with van der Waals surface area (Å²) in [4.78, 5) is 12.7. The first-order valence-corrected chi connectivity index (χ1v) is 9.66. The molecule has 1 aliphatic rings. The van der Waals surface area contributed by atoms with E-state index in [2.05, 4.69) is 32.2 Å². The van der Waals surface area contributed by atoms with Crippen molar-refractivity contribution in [1.29, 1.82) is 0 Å². The van der Waals surface area contributed by atoms with Gasteiger partial charge in [0.05, 0.1) is 5.92 Å². The second-order valence-corrected chi connectivity index (χ2v) is 8.81. The van der Waals surface area contributed by atoms with Crippen LogP contribution in [0.15, 0.2) is 18.2 Å². The van der Waals surface area contributed by atoms with Gasteiger partial charge in [-0.2, -0.15) is 11.8 Å². The van der Waals surface area contributed by atoms with Crippen molar-refractivity contribution >= 4 is 23.4 Å². The van der Waals surface area contributed by atoms with Crippen LogP contribution in [0.5, 0.6) is 0 Å². The van der Waals surface area contributed by atoms with Crippen LogP contribution in [-0.4, -0.2) is 16.7 Å². The van der Waals surface area contributed by atoms with E-state index in [0.29, 0.717) is 5.25 Å². The molecule has 128 valence electrons. The Kier molecular flexibility index (Phi) is 6.15. The van der Waals surface area contributed by atoms with Gasteiger partial charge in [-0.05, 0) is 49.1 Å². The third-order valence-electron chi connectivity index (χ3n) is 4.85. The van der Waals surface area contributed by atoms with E-state index in [-0.39, 0.29) is 17.4 Å². The molecule has 3 N–H and O–H groups in total. The number of hydrogen-bond donors (Lipinski definition) is 2. The fourth-order valence-corrected chi connectivity index (χ4v) is 4.07. The topological polar surface area (TPSA) is 55.1 Å². The summed E-state index contributed by atoms with van der Waals surface area (Å²) in [5.74, 6) is 0.960. The number of anilines is 1. The summed E-state index contributed by atoms with van der Waals surface area (Å²) in [5, 5.41) is 3.74. The van der Waals surface area contributed by atoms with E-state index >= 15 is 0 Å². The van der Waals surface area contributed by atoms with Crippen LogP contribution < -0.4 is 11.1 Å². The Morgan fingerprint density at radius 3 is 2.83 bits per heavy atom. The van der Waals surface area contributed by atoms with Crippen molar-refractivity contribution < 1.29 is 4.79 Å². The van der Waals surface area contributed by atoms with Gasteiger partial charge in [-0.3, -0.25) is 4.79 Å². The third kappa shape index (κ3) is 4.74. The molecule has 1 amide bonds. The van der Waals surface area contributed by atoms with E-state index in [0.717, 1.165) is 37.1 Å². The Labute approximate surface area is 144 Å². The summed E-state index contributed by atoms with van der Waals surface area (Å²) in [6, 6.07) is 6.17. The zero-order valence-corrected chi connectivity index (χ0v) is 15.6. The Bertz CT molecular complexity index is 554. The van der Waals surface area contributed by atoms with Crippen LogP contribution in [0.4, 0.5) is 5.69 Å². The van der Waals surface area contributed by atoms with E-state index in [1.807, 2.05) is 30.8 Å². The maximum atomic E-state index is 12.7. The quantitative estimate of drug-likeness (QED) is 0.834. The molecule has 0 radical (unpaired) electrons. The predicted octanol–water partition coefficient (Wildman–Crippen LogP) is 4.48. The summed E-state index contributed by atoms with van der Waals surface area (Å²) in [6.07, 6.45) is 4.03. The van der Waals surface area contributed by atoms with Crippen molar-refractivity contribution in [2.24, 2.45) is 11.7 Å². The van der Waals surface area contributed by atoms with Gasteiger partial charge in [-0.15, -0.1) is 0 Å². The van der Waals surface area contributed by atoms with Gasteiger partial charge in [-0.25, -0.2) is 0 Å². The number of amides is 1. The SMILES string of the molecule is Cc1c(CSC(C)C)cccc1NC(=O)C1CCCCC1(C)N. The minimum absolute atomic E-state index is 0.0754. The van der Waals surface area contributed by atoms with Gasteiger partial charge in [0, 0.05) is 17.0 Å². The Morgan fingerprint density at radius 1 is 1.43 bits per heavy atom. The first kappa shape index (κ1) is 18.3. The van der Waals surface area contributed by atoms with Gasteiger partial charge >= 0.3 is 0 Å². The molecule has 2 atom stereocenters. The lowest BCUT2D eigenvalue weighted by Crippen LogP contribution is -2.51. The molecule has 1 fully saturated rings. The average Bonchev–Trinajstić information content (AvgIpc) is 2.47. The van der Waals surface area contributed by atoms with Crippen LogP contribution in [0.2, 0.25) is 0 Å². The third-order valence-corrected chi connectivity index (χ3v) is 5.99. The van der Waals surface area contributed by atoms with Crippen molar-refractivity contribution in [1.82, 2.24) is 0 Å². The fraction of sp³-hybridized carbons (Fsp3) is 0.632. The largest absolute Gasteiger partial charge is 0.326 e. The zero-order chi connectivity index (χ0) is 17.0. The molecule has 1 saturated carbocycles. The number of carbonyl (C=O) groups is 1. The number of nitrogens with one attached hydrogen (secondary N) is 1. The van der Waals surface area contributed by atoms with Crippen molar-refractivity contribution in [3.05, 3.63) is 29.3 Å². The van der Waals surface area contributed by atoms with Gasteiger partial charge in [0.25, 0.3) is 0 Å². The molecular weight excluding hydrogens is 304 g/mol. The highest BCUT2D eigenvalue weighted by molar-refractivity contribution is 7.99. The maximum Gasteiger partial charge on any atom is 0.229 e. The molecule has 23 heavy (non-hydrogen) atoms. The van der Waals surface area contributed by atoms with Crippen LogP contribution in [0.25, 0.3) is 0 Å². The zero-order valence-electron chi connectivity index (χ0n) is 14.8. The molecule has 0 aromatic heterocycles. The van der Waals surface area contributed by atoms with E-state index < -0.39 is 0 Å². The smallest absolute Gasteiger partial charge is 0.229 e. The first-order chi connectivity index (χ1) is 10.8. The van der Waals surface area contributed by atoms with Crippen molar-refractivity contribution in [2.75, 3.05) is 5.32 Å². The van der Waals surface area contributed by atoms with Gasteiger partial charge in [0.2, 0.25) is 5.91 Å². The van der Waals surface area contributed by atoms with E-state index in [1.165, 1.54) is 11.1 Å². The summed E-state index contributed by atoms with van der Waals surface area (Å²) < 4.78 is 0. The second-order valence-electron chi connectivity index (χ2n) is 7.24. The molecule has 0 aliphatic heterocycles. The molecule has 0 spiro atoms. The van der Waals surface area contributed by atoms with Crippen LogP contribution in [-0.2, 0) is 10.5 Å². The molecule has 1 aromatic carbocycles. The summed E-state index contributed by atoms with van der Waals surface area (Å²) in [7, 11) is 0. The molecule has 2 rings (SSSR count). The minimum atomic E-state index is -0.388. The minimum Gasteiger partial charge on any atom is -0.326 e. The van der Waals surface area contributed by atoms with Crippen molar-refractivity contribution in [3.63, 3.8) is 0 Å². The molecule has 1 aliphatic carbocycles. The first-order valence-electron chi connectivity index (χ1n) is 8.61. The summed E-state index contributed by atoms with van der Waals surface area (Å²) >= 11 is 1.92. The Hall–Kier alpha value is -1.00. The molecule has 1 aromatic rings. The van der Waals surface area contributed by atoms with Crippen LogP contribution in [0.3, 0.4) is 0 Å². The molecule has 0 bridgehead atoms. The monoisotopic (exact) mass is 334 g/mol. The number of thioether (sulfide) groups is 1. The van der Waals surface area contributed by atoms with E-state index in [1.54, 1.807) is 0 Å². The summed E-state index contributed by atoms with van der Waals surface area (Å²) in [6.45, 7) is 8.51. The van der Waals surface area contributed by atoms with E-state index in [9.17, 15) is 4.79 Å². The van der Waals surface area contributed by atoms with Crippen LogP contribution >= 0.6 is 11.8 Å². The number of rotatable bonds is 5. The molecular formula is C19H30N2OS. The van der Waals surface area contributed by atoms with Crippen molar-refractivity contribution in [3.8, 4) is 0 Å². The second kappa shape index (κ2) is 7.71. The van der Waals surface area contributed by atoms with Crippen LogP contribution in [0, 0.1) is 12.8 Å². The Morgan fingerprint density at radius 2 is 2.17 bits per heavy atom. The maximum absolute atomic E-state index is 12.7.